The van der Waals surface area contributed by atoms with Gasteiger partial charge in [0, 0.05) is 5.02 Å². The van der Waals surface area contributed by atoms with Gasteiger partial charge in [0.05, 0.1) is 5.41 Å². The molecule has 1 atom stereocenters. The first-order valence-electron chi connectivity index (χ1n) is 11.7. The summed E-state index contributed by atoms with van der Waals surface area (Å²) in [7, 11) is 0. The Labute approximate surface area is 209 Å². The second-order valence-corrected chi connectivity index (χ2v) is 9.62. The van der Waals surface area contributed by atoms with Crippen LogP contribution in [0.15, 0.2) is 115 Å². The van der Waals surface area contributed by atoms with Crippen molar-refractivity contribution in [2.75, 3.05) is 0 Å². The molecule has 0 nitrogen and oxygen atoms in total. The van der Waals surface area contributed by atoms with Gasteiger partial charge in [-0.1, -0.05) is 103 Å². The molecule has 2 aliphatic rings. The lowest BCUT2D eigenvalue weighted by Crippen LogP contribution is -2.30. The number of hydrogen-bond acceptors (Lipinski definition) is 0. The lowest BCUT2D eigenvalue weighted by molar-refractivity contribution is 0.627. The van der Waals surface area contributed by atoms with Crippen LogP contribution in [0.2, 0.25) is 5.02 Å². The average Bonchev–Trinajstić information content (AvgIpc) is 3.10. The number of halogens is 2. The second-order valence-electron chi connectivity index (χ2n) is 9.18. The molecule has 5 aromatic rings. The maximum atomic E-state index is 13.8. The highest BCUT2D eigenvalue weighted by molar-refractivity contribution is 6.30. The lowest BCUT2D eigenvalue weighted by Gasteiger charge is -2.35. The second kappa shape index (κ2) is 7.53. The highest BCUT2D eigenvalue weighted by Crippen LogP contribution is 2.59. The van der Waals surface area contributed by atoms with Gasteiger partial charge in [0.25, 0.3) is 0 Å². The van der Waals surface area contributed by atoms with Crippen molar-refractivity contribution in [2.24, 2.45) is 0 Å². The van der Waals surface area contributed by atoms with Gasteiger partial charge < -0.3 is 0 Å². The van der Waals surface area contributed by atoms with Gasteiger partial charge in [0.2, 0.25) is 0 Å². The van der Waals surface area contributed by atoms with E-state index in [9.17, 15) is 4.39 Å². The number of hydrogen-bond donors (Lipinski definition) is 0. The maximum absolute atomic E-state index is 13.8. The van der Waals surface area contributed by atoms with Gasteiger partial charge in [-0.25, -0.2) is 4.39 Å². The molecular formula is C33H20ClF. The van der Waals surface area contributed by atoms with Gasteiger partial charge in [-0.3, -0.25) is 0 Å². The van der Waals surface area contributed by atoms with E-state index in [0.29, 0.717) is 0 Å². The standard InChI is InChI=1S/C33H20ClF/c34-23-15-18-27-25-8-2-5-11-30(25)33(32(27)20-23)29-10-4-1-7-22(29)19-28(21-13-16-24(35)17-14-21)26-9-3-6-12-31(26)33/h1-20H. The predicted octanol–water partition coefficient (Wildman–Crippen LogP) is 8.74. The minimum absolute atomic E-state index is 0.235. The maximum Gasteiger partial charge on any atom is 0.123 e. The molecule has 0 aromatic heterocycles. The molecule has 1 spiro atoms. The molecule has 35 heavy (non-hydrogen) atoms. The van der Waals surface area contributed by atoms with E-state index >= 15 is 0 Å². The summed E-state index contributed by atoms with van der Waals surface area (Å²) >= 11 is 6.65. The van der Waals surface area contributed by atoms with Gasteiger partial charge in [0.15, 0.2) is 0 Å². The Balaban J connectivity index is 1.68. The van der Waals surface area contributed by atoms with Crippen LogP contribution in [0.5, 0.6) is 0 Å². The van der Waals surface area contributed by atoms with Crippen molar-refractivity contribution in [1.82, 2.24) is 0 Å². The average molecular weight is 471 g/mol. The van der Waals surface area contributed by atoms with Crippen LogP contribution in [0, 0.1) is 5.82 Å². The molecule has 0 saturated heterocycles. The molecule has 166 valence electrons. The smallest absolute Gasteiger partial charge is 0.123 e. The van der Waals surface area contributed by atoms with E-state index < -0.39 is 5.41 Å². The molecule has 0 heterocycles. The molecular weight excluding hydrogens is 451 g/mol. The van der Waals surface area contributed by atoms with E-state index in [1.807, 2.05) is 18.2 Å². The molecule has 0 aliphatic heterocycles. The Morgan fingerprint density at radius 2 is 1.14 bits per heavy atom. The quantitative estimate of drug-likeness (QED) is 0.225. The topological polar surface area (TPSA) is 0 Å². The largest absolute Gasteiger partial charge is 0.207 e. The molecule has 0 fully saturated rings. The third-order valence-corrected chi connectivity index (χ3v) is 7.68. The van der Waals surface area contributed by atoms with Crippen LogP contribution in [0.3, 0.4) is 0 Å². The monoisotopic (exact) mass is 470 g/mol. The van der Waals surface area contributed by atoms with Crippen molar-refractivity contribution in [3.05, 3.63) is 165 Å². The molecule has 2 heteroatoms. The highest BCUT2D eigenvalue weighted by Gasteiger charge is 2.49. The fourth-order valence-corrected chi connectivity index (χ4v) is 6.26. The molecule has 5 aromatic carbocycles. The number of benzene rings is 5. The predicted molar refractivity (Wildman–Crippen MR) is 142 cm³/mol. The van der Waals surface area contributed by atoms with Crippen LogP contribution in [-0.4, -0.2) is 0 Å². The number of fused-ring (bicyclic) bond motifs is 9. The molecule has 0 saturated carbocycles. The fraction of sp³-hybridized carbons (Fsp3) is 0.0303. The van der Waals surface area contributed by atoms with Crippen molar-refractivity contribution in [3.63, 3.8) is 0 Å². The summed E-state index contributed by atoms with van der Waals surface area (Å²) in [6, 6.07) is 39.0. The van der Waals surface area contributed by atoms with Crippen molar-refractivity contribution in [1.29, 1.82) is 0 Å². The summed E-state index contributed by atoms with van der Waals surface area (Å²) in [5.74, 6) is -0.235. The minimum atomic E-state index is -0.526. The molecule has 0 N–H and O–H groups in total. The van der Waals surface area contributed by atoms with E-state index in [4.69, 9.17) is 11.6 Å². The summed E-state index contributed by atoms with van der Waals surface area (Å²) in [4.78, 5) is 0. The molecule has 1 unspecified atom stereocenters. The third-order valence-electron chi connectivity index (χ3n) is 7.45. The SMILES string of the molecule is Fc1ccc(C2=Cc3ccccc3C3(c4ccccc42)c2ccccc2-c2ccc(Cl)cc23)cc1. The fourth-order valence-electron chi connectivity index (χ4n) is 6.09. The lowest BCUT2D eigenvalue weighted by atomic mass is 9.66. The van der Waals surface area contributed by atoms with E-state index in [2.05, 4.69) is 91.0 Å². The number of rotatable bonds is 1. The Morgan fingerprint density at radius 1 is 0.543 bits per heavy atom. The molecule has 0 amide bonds. The van der Waals surface area contributed by atoms with E-state index in [0.717, 1.165) is 27.3 Å². The zero-order valence-corrected chi connectivity index (χ0v) is 19.6. The Hall–Kier alpha value is -3.94. The summed E-state index contributed by atoms with van der Waals surface area (Å²) in [6.45, 7) is 0. The van der Waals surface area contributed by atoms with Crippen molar-refractivity contribution in [3.8, 4) is 11.1 Å². The summed E-state index contributed by atoms with van der Waals surface area (Å²) in [6.07, 6.45) is 2.25. The zero-order valence-electron chi connectivity index (χ0n) is 18.8. The Morgan fingerprint density at radius 3 is 1.91 bits per heavy atom. The summed E-state index contributed by atoms with van der Waals surface area (Å²) < 4.78 is 13.8. The highest BCUT2D eigenvalue weighted by atomic mass is 35.5. The molecule has 0 radical (unpaired) electrons. The first kappa shape index (κ1) is 20.4. The Kier molecular flexibility index (Phi) is 4.40. The first-order valence-corrected chi connectivity index (χ1v) is 12.1. The van der Waals surface area contributed by atoms with Crippen LogP contribution >= 0.6 is 11.6 Å². The molecule has 0 bridgehead atoms. The van der Waals surface area contributed by atoms with E-state index in [1.54, 1.807) is 0 Å². The van der Waals surface area contributed by atoms with Crippen LogP contribution in [0.4, 0.5) is 4.39 Å². The van der Waals surface area contributed by atoms with Crippen LogP contribution in [0.1, 0.15) is 38.9 Å². The Bertz CT molecular complexity index is 1660. The van der Waals surface area contributed by atoms with Crippen molar-refractivity contribution in [2.45, 2.75) is 5.41 Å². The van der Waals surface area contributed by atoms with Gasteiger partial charge >= 0.3 is 0 Å². The van der Waals surface area contributed by atoms with Crippen LogP contribution < -0.4 is 0 Å². The van der Waals surface area contributed by atoms with Crippen molar-refractivity contribution < 1.29 is 4.39 Å². The molecule has 7 rings (SSSR count). The summed E-state index contributed by atoms with van der Waals surface area (Å²) in [5.41, 5.74) is 11.1. The van der Waals surface area contributed by atoms with Crippen LogP contribution in [-0.2, 0) is 5.41 Å². The van der Waals surface area contributed by atoms with Gasteiger partial charge in [-0.05, 0) is 86.0 Å². The zero-order chi connectivity index (χ0) is 23.6. The van der Waals surface area contributed by atoms with E-state index in [1.165, 1.54) is 45.5 Å². The first-order chi connectivity index (χ1) is 17.2. The van der Waals surface area contributed by atoms with Gasteiger partial charge in [-0.15, -0.1) is 0 Å². The van der Waals surface area contributed by atoms with E-state index in [-0.39, 0.29) is 5.82 Å². The molecule has 2 aliphatic carbocycles. The minimum Gasteiger partial charge on any atom is -0.207 e. The normalized spacial score (nSPS) is 17.1. The van der Waals surface area contributed by atoms with Gasteiger partial charge in [-0.2, -0.15) is 0 Å². The van der Waals surface area contributed by atoms with Crippen molar-refractivity contribution >= 4 is 23.3 Å². The van der Waals surface area contributed by atoms with Gasteiger partial charge in [0.1, 0.15) is 5.82 Å². The van der Waals surface area contributed by atoms with Crippen LogP contribution in [0.25, 0.3) is 22.8 Å². The third kappa shape index (κ3) is 2.79. The summed E-state index contributed by atoms with van der Waals surface area (Å²) in [5, 5.41) is 0.724.